The monoisotopic (exact) mass is 432 g/mol. The van der Waals surface area contributed by atoms with Gasteiger partial charge in [-0.05, 0) is 58.6 Å². The maximum Gasteiger partial charge on any atom is 0.410 e. The van der Waals surface area contributed by atoms with Crippen molar-refractivity contribution in [1.82, 2.24) is 15.1 Å². The fraction of sp³-hybridized carbons (Fsp3) is 0.524. The number of aryl methyl sites for hydroxylation is 2. The number of benzene rings is 1. The van der Waals surface area contributed by atoms with E-state index in [1.807, 2.05) is 52.8 Å². The first-order valence-corrected chi connectivity index (χ1v) is 10.9. The topological polar surface area (TPSA) is 97.6 Å². The molecule has 1 saturated heterocycles. The molecule has 8 nitrogen and oxygen atoms in total. The van der Waals surface area contributed by atoms with Crippen LogP contribution in [0.1, 0.15) is 56.7 Å². The molecule has 1 aliphatic rings. The van der Waals surface area contributed by atoms with Gasteiger partial charge in [-0.3, -0.25) is 9.69 Å². The summed E-state index contributed by atoms with van der Waals surface area (Å²) >= 11 is 1.17. The number of likely N-dealkylation sites (tertiary alicyclic amines) is 1. The van der Waals surface area contributed by atoms with Crippen LogP contribution < -0.4 is 5.32 Å². The predicted octanol–water partition coefficient (Wildman–Crippen LogP) is 4.49. The summed E-state index contributed by atoms with van der Waals surface area (Å²) in [5, 5.41) is 11.4. The van der Waals surface area contributed by atoms with Gasteiger partial charge in [0.15, 0.2) is 0 Å². The zero-order valence-electron chi connectivity index (χ0n) is 18.0. The fourth-order valence-electron chi connectivity index (χ4n) is 3.29. The van der Waals surface area contributed by atoms with Crippen LogP contribution in [0.5, 0.6) is 0 Å². The summed E-state index contributed by atoms with van der Waals surface area (Å²) in [5.41, 5.74) is 2.28. The minimum absolute atomic E-state index is 0.145. The zero-order valence-corrected chi connectivity index (χ0v) is 18.8. The molecule has 162 valence electrons. The zero-order chi connectivity index (χ0) is 21.9. The highest BCUT2D eigenvalue weighted by Crippen LogP contribution is 2.33. The SMILES string of the molecule is Cc1cccc(C)c1NC(=O)CSc1nnc([C@@H]2CCCN2C(=O)OC(C)(C)C)o1. The molecule has 0 unspecified atom stereocenters. The number of hydrogen-bond donors (Lipinski definition) is 1. The third kappa shape index (κ3) is 5.53. The fourth-order valence-corrected chi connectivity index (χ4v) is 3.86. The van der Waals surface area contributed by atoms with Crippen molar-refractivity contribution in [2.45, 2.75) is 64.3 Å². The second-order valence-electron chi connectivity index (χ2n) is 8.34. The first-order chi connectivity index (χ1) is 14.1. The molecule has 0 spiro atoms. The van der Waals surface area contributed by atoms with Crippen molar-refractivity contribution in [2.24, 2.45) is 0 Å². The number of aromatic nitrogens is 2. The number of ether oxygens (including phenoxy) is 1. The maximum absolute atomic E-state index is 12.5. The van der Waals surface area contributed by atoms with Crippen molar-refractivity contribution in [1.29, 1.82) is 0 Å². The number of amides is 2. The highest BCUT2D eigenvalue weighted by Gasteiger charge is 2.36. The summed E-state index contributed by atoms with van der Waals surface area (Å²) in [4.78, 5) is 26.4. The highest BCUT2D eigenvalue weighted by atomic mass is 32.2. The van der Waals surface area contributed by atoms with E-state index in [0.717, 1.165) is 29.7 Å². The summed E-state index contributed by atoms with van der Waals surface area (Å²) in [6.07, 6.45) is 1.19. The molecule has 3 rings (SSSR count). The molecule has 1 N–H and O–H groups in total. The predicted molar refractivity (Wildman–Crippen MR) is 114 cm³/mol. The number of thioether (sulfide) groups is 1. The molecule has 0 bridgehead atoms. The lowest BCUT2D eigenvalue weighted by Gasteiger charge is -2.27. The van der Waals surface area contributed by atoms with Gasteiger partial charge in [0.1, 0.15) is 11.6 Å². The molecule has 1 aromatic heterocycles. The second-order valence-corrected chi connectivity index (χ2v) is 9.27. The van der Waals surface area contributed by atoms with Crippen LogP contribution in [0.15, 0.2) is 27.8 Å². The first kappa shape index (κ1) is 22.1. The molecule has 9 heteroatoms. The highest BCUT2D eigenvalue weighted by molar-refractivity contribution is 7.99. The van der Waals surface area contributed by atoms with Gasteiger partial charge >= 0.3 is 6.09 Å². The van der Waals surface area contributed by atoms with Crippen LogP contribution in [0.4, 0.5) is 10.5 Å². The van der Waals surface area contributed by atoms with E-state index in [9.17, 15) is 9.59 Å². The molecule has 2 amide bonds. The molecule has 0 radical (unpaired) electrons. The number of hydrogen-bond acceptors (Lipinski definition) is 7. The third-order valence-corrected chi connectivity index (χ3v) is 5.48. The Bertz CT molecular complexity index is 902. The average molecular weight is 433 g/mol. The van der Waals surface area contributed by atoms with Crippen LogP contribution in [-0.2, 0) is 9.53 Å². The van der Waals surface area contributed by atoms with Crippen molar-refractivity contribution in [3.63, 3.8) is 0 Å². The van der Waals surface area contributed by atoms with E-state index < -0.39 is 5.60 Å². The normalized spacial score (nSPS) is 16.6. The molecule has 0 aliphatic carbocycles. The van der Waals surface area contributed by atoms with Crippen molar-refractivity contribution < 1.29 is 18.7 Å². The molecule has 2 aromatic rings. The van der Waals surface area contributed by atoms with E-state index in [1.165, 1.54) is 11.8 Å². The average Bonchev–Trinajstić information content (AvgIpc) is 3.30. The molecule has 30 heavy (non-hydrogen) atoms. The Morgan fingerprint density at radius 1 is 1.27 bits per heavy atom. The van der Waals surface area contributed by atoms with Gasteiger partial charge in [-0.1, -0.05) is 30.0 Å². The van der Waals surface area contributed by atoms with Crippen molar-refractivity contribution >= 4 is 29.4 Å². The molecular weight excluding hydrogens is 404 g/mol. The van der Waals surface area contributed by atoms with E-state index in [0.29, 0.717) is 17.7 Å². The molecule has 0 saturated carbocycles. The number of nitrogens with zero attached hydrogens (tertiary/aromatic N) is 3. The summed E-state index contributed by atoms with van der Waals surface area (Å²) < 4.78 is 11.2. The van der Waals surface area contributed by atoms with E-state index in [1.54, 1.807) is 4.90 Å². The third-order valence-electron chi connectivity index (χ3n) is 4.66. The molecule has 1 aliphatic heterocycles. The van der Waals surface area contributed by atoms with Crippen LogP contribution in [-0.4, -0.2) is 45.0 Å². The van der Waals surface area contributed by atoms with Crippen LogP contribution in [0.2, 0.25) is 0 Å². The summed E-state index contributed by atoms with van der Waals surface area (Å²) in [5.74, 6) is 0.375. The van der Waals surface area contributed by atoms with Gasteiger partial charge in [0.25, 0.3) is 5.22 Å². The summed E-state index contributed by atoms with van der Waals surface area (Å²) in [6, 6.07) is 5.57. The maximum atomic E-state index is 12.5. The Kier molecular flexibility index (Phi) is 6.70. The van der Waals surface area contributed by atoms with E-state index in [-0.39, 0.29) is 23.8 Å². The lowest BCUT2D eigenvalue weighted by Crippen LogP contribution is -2.36. The van der Waals surface area contributed by atoms with Gasteiger partial charge in [-0.15, -0.1) is 10.2 Å². The van der Waals surface area contributed by atoms with E-state index in [4.69, 9.17) is 9.15 Å². The Morgan fingerprint density at radius 3 is 2.63 bits per heavy atom. The Labute approximate surface area is 180 Å². The Balaban J connectivity index is 1.58. The van der Waals surface area contributed by atoms with E-state index in [2.05, 4.69) is 15.5 Å². The minimum Gasteiger partial charge on any atom is -0.444 e. The lowest BCUT2D eigenvalue weighted by molar-refractivity contribution is -0.113. The lowest BCUT2D eigenvalue weighted by atomic mass is 10.1. The standard InChI is InChI=1S/C21H28N4O4S/c1-13-8-6-9-14(2)17(13)22-16(26)12-30-19-24-23-18(28-19)15-10-7-11-25(15)20(27)29-21(3,4)5/h6,8-9,15H,7,10-12H2,1-5H3,(H,22,26)/t15-/m0/s1. The Morgan fingerprint density at radius 2 is 1.97 bits per heavy atom. The number of carbonyl (C=O) groups excluding carboxylic acids is 2. The molecule has 2 heterocycles. The van der Waals surface area contributed by atoms with Crippen LogP contribution in [0.3, 0.4) is 0 Å². The number of nitrogens with one attached hydrogen (secondary N) is 1. The van der Waals surface area contributed by atoms with Crippen molar-refractivity contribution in [3.8, 4) is 0 Å². The molecule has 1 fully saturated rings. The van der Waals surface area contributed by atoms with Crippen LogP contribution in [0, 0.1) is 13.8 Å². The number of anilines is 1. The van der Waals surface area contributed by atoms with Gasteiger partial charge in [-0.25, -0.2) is 4.79 Å². The molecule has 1 atom stereocenters. The van der Waals surface area contributed by atoms with E-state index >= 15 is 0 Å². The molecular formula is C21H28N4O4S. The van der Waals surface area contributed by atoms with Gasteiger partial charge in [0.2, 0.25) is 11.8 Å². The smallest absolute Gasteiger partial charge is 0.410 e. The van der Waals surface area contributed by atoms with Crippen LogP contribution >= 0.6 is 11.8 Å². The number of rotatable bonds is 5. The van der Waals surface area contributed by atoms with Gasteiger partial charge in [-0.2, -0.15) is 0 Å². The van der Waals surface area contributed by atoms with Crippen molar-refractivity contribution in [3.05, 3.63) is 35.2 Å². The quantitative estimate of drug-likeness (QED) is 0.695. The van der Waals surface area contributed by atoms with Gasteiger partial charge in [0.05, 0.1) is 5.75 Å². The minimum atomic E-state index is -0.567. The largest absolute Gasteiger partial charge is 0.444 e. The van der Waals surface area contributed by atoms with Gasteiger partial charge < -0.3 is 14.5 Å². The summed E-state index contributed by atoms with van der Waals surface area (Å²) in [6.45, 7) is 10.0. The number of carbonyl (C=O) groups is 2. The first-order valence-electron chi connectivity index (χ1n) is 9.96. The number of para-hydroxylation sites is 1. The van der Waals surface area contributed by atoms with Gasteiger partial charge in [0, 0.05) is 12.2 Å². The Hall–Kier alpha value is -2.55. The van der Waals surface area contributed by atoms with Crippen molar-refractivity contribution in [2.75, 3.05) is 17.6 Å². The second kappa shape index (κ2) is 9.07. The molecule has 1 aromatic carbocycles. The summed E-state index contributed by atoms with van der Waals surface area (Å²) in [7, 11) is 0. The van der Waals surface area contributed by atoms with Crippen LogP contribution in [0.25, 0.3) is 0 Å².